The molecule has 88 valence electrons. The van der Waals surface area contributed by atoms with Crippen LogP contribution in [0.2, 0.25) is 0 Å². The number of halogens is 1. The molecule has 1 aliphatic rings. The van der Waals surface area contributed by atoms with E-state index in [0.29, 0.717) is 0 Å². The van der Waals surface area contributed by atoms with Crippen LogP contribution in [0.3, 0.4) is 0 Å². The average molecular weight is 233 g/mol. The van der Waals surface area contributed by atoms with Gasteiger partial charge in [0.25, 0.3) is 0 Å². The monoisotopic (exact) mass is 233 g/mol. The van der Waals surface area contributed by atoms with Gasteiger partial charge in [-0.05, 0) is 31.5 Å². The Morgan fingerprint density at radius 2 is 2.41 bits per heavy atom. The SMILES string of the molecule is N#Cc1c(F)cccc1NC(=O)[C@H]1CCCN1. The zero-order valence-corrected chi connectivity index (χ0v) is 9.16. The number of carbonyl (C=O) groups excluding carboxylic acids is 1. The van der Waals surface area contributed by atoms with Crippen molar-refractivity contribution in [3.8, 4) is 6.07 Å². The second-order valence-electron chi connectivity index (χ2n) is 3.91. The van der Waals surface area contributed by atoms with Crippen molar-refractivity contribution in [3.63, 3.8) is 0 Å². The Morgan fingerprint density at radius 1 is 1.59 bits per heavy atom. The highest BCUT2D eigenvalue weighted by atomic mass is 19.1. The number of benzene rings is 1. The number of amides is 1. The van der Waals surface area contributed by atoms with Crippen LogP contribution >= 0.6 is 0 Å². The topological polar surface area (TPSA) is 64.9 Å². The predicted molar refractivity (Wildman–Crippen MR) is 60.8 cm³/mol. The first-order chi connectivity index (χ1) is 8.22. The summed E-state index contributed by atoms with van der Waals surface area (Å²) in [4.78, 5) is 11.8. The molecule has 0 saturated carbocycles. The Labute approximate surface area is 98.4 Å². The van der Waals surface area contributed by atoms with Crippen molar-refractivity contribution < 1.29 is 9.18 Å². The molecule has 5 heteroatoms. The third-order valence-electron chi connectivity index (χ3n) is 2.76. The van der Waals surface area contributed by atoms with Gasteiger partial charge in [-0.25, -0.2) is 4.39 Å². The van der Waals surface area contributed by atoms with Crippen molar-refractivity contribution in [1.29, 1.82) is 5.26 Å². The zero-order valence-electron chi connectivity index (χ0n) is 9.16. The normalized spacial score (nSPS) is 18.7. The summed E-state index contributed by atoms with van der Waals surface area (Å²) in [6.45, 7) is 0.812. The highest BCUT2D eigenvalue weighted by molar-refractivity contribution is 5.96. The zero-order chi connectivity index (χ0) is 12.3. The van der Waals surface area contributed by atoms with Gasteiger partial charge in [-0.15, -0.1) is 0 Å². The molecule has 0 aromatic heterocycles. The number of nitrogens with one attached hydrogen (secondary N) is 2. The molecule has 2 N–H and O–H groups in total. The van der Waals surface area contributed by atoms with Crippen LogP contribution in [0.1, 0.15) is 18.4 Å². The fourth-order valence-corrected chi connectivity index (χ4v) is 1.87. The molecule has 1 aliphatic heterocycles. The Kier molecular flexibility index (Phi) is 3.35. The van der Waals surface area contributed by atoms with Crippen LogP contribution in [0, 0.1) is 17.1 Å². The maximum Gasteiger partial charge on any atom is 0.241 e. The minimum Gasteiger partial charge on any atom is -0.323 e. The molecule has 0 spiro atoms. The van der Waals surface area contributed by atoms with Gasteiger partial charge in [0, 0.05) is 0 Å². The third kappa shape index (κ3) is 2.43. The fourth-order valence-electron chi connectivity index (χ4n) is 1.87. The number of nitriles is 1. The number of anilines is 1. The fraction of sp³-hybridized carbons (Fsp3) is 0.333. The molecule has 0 unspecified atom stereocenters. The van der Waals surface area contributed by atoms with Gasteiger partial charge >= 0.3 is 0 Å². The van der Waals surface area contributed by atoms with Crippen LogP contribution in [-0.4, -0.2) is 18.5 Å². The minimum absolute atomic E-state index is 0.126. The molecule has 0 radical (unpaired) electrons. The van der Waals surface area contributed by atoms with E-state index in [4.69, 9.17) is 5.26 Å². The molecule has 1 amide bonds. The Hall–Kier alpha value is -1.93. The average Bonchev–Trinajstić information content (AvgIpc) is 2.82. The Bertz CT molecular complexity index is 475. The van der Waals surface area contributed by atoms with Crippen LogP contribution < -0.4 is 10.6 Å². The molecule has 2 rings (SSSR count). The molecule has 17 heavy (non-hydrogen) atoms. The van der Waals surface area contributed by atoms with Gasteiger partial charge in [0.2, 0.25) is 5.91 Å². The molecule has 4 nitrogen and oxygen atoms in total. The lowest BCUT2D eigenvalue weighted by atomic mass is 10.1. The van der Waals surface area contributed by atoms with Crippen molar-refractivity contribution in [2.75, 3.05) is 11.9 Å². The first-order valence-corrected chi connectivity index (χ1v) is 5.45. The van der Waals surface area contributed by atoms with Crippen molar-refractivity contribution in [1.82, 2.24) is 5.32 Å². The van der Waals surface area contributed by atoms with Gasteiger partial charge in [-0.3, -0.25) is 4.79 Å². The highest BCUT2D eigenvalue weighted by Gasteiger charge is 2.22. The Morgan fingerprint density at radius 3 is 3.06 bits per heavy atom. The number of nitrogens with zero attached hydrogens (tertiary/aromatic N) is 1. The summed E-state index contributed by atoms with van der Waals surface area (Å²) >= 11 is 0. The first-order valence-electron chi connectivity index (χ1n) is 5.45. The largest absolute Gasteiger partial charge is 0.323 e. The van der Waals surface area contributed by atoms with E-state index in [1.807, 2.05) is 0 Å². The van der Waals surface area contributed by atoms with Gasteiger partial charge in [0.15, 0.2) is 0 Å². The van der Waals surface area contributed by atoms with E-state index >= 15 is 0 Å². The molecule has 1 heterocycles. The third-order valence-corrected chi connectivity index (χ3v) is 2.76. The number of carbonyl (C=O) groups is 1. The predicted octanol–water partition coefficient (Wildman–Crippen LogP) is 1.39. The van der Waals surface area contributed by atoms with Gasteiger partial charge in [0.1, 0.15) is 17.4 Å². The molecule has 1 saturated heterocycles. The van der Waals surface area contributed by atoms with Gasteiger partial charge < -0.3 is 10.6 Å². The molecule has 0 aliphatic carbocycles. The number of hydrogen-bond acceptors (Lipinski definition) is 3. The summed E-state index contributed by atoms with van der Waals surface area (Å²) < 4.78 is 13.3. The number of rotatable bonds is 2. The standard InChI is InChI=1S/C12H12FN3O/c13-9-3-1-4-10(8(9)7-14)16-12(17)11-5-2-6-15-11/h1,3-4,11,15H,2,5-6H2,(H,16,17)/t11-/m1/s1. The number of hydrogen-bond donors (Lipinski definition) is 2. The maximum atomic E-state index is 13.3. The molecule has 0 bridgehead atoms. The molecule has 1 aromatic carbocycles. The molecular formula is C12H12FN3O. The van der Waals surface area contributed by atoms with E-state index in [9.17, 15) is 9.18 Å². The highest BCUT2D eigenvalue weighted by Crippen LogP contribution is 2.18. The lowest BCUT2D eigenvalue weighted by Gasteiger charge is -2.12. The van der Waals surface area contributed by atoms with E-state index in [-0.39, 0.29) is 23.2 Å². The van der Waals surface area contributed by atoms with Gasteiger partial charge in [-0.1, -0.05) is 6.07 Å². The van der Waals surface area contributed by atoms with Crippen molar-refractivity contribution in [2.45, 2.75) is 18.9 Å². The summed E-state index contributed by atoms with van der Waals surface area (Å²) in [5, 5.41) is 14.4. The van der Waals surface area contributed by atoms with Crippen molar-refractivity contribution in [2.24, 2.45) is 0 Å². The smallest absolute Gasteiger partial charge is 0.241 e. The van der Waals surface area contributed by atoms with Crippen molar-refractivity contribution in [3.05, 3.63) is 29.6 Å². The van der Waals surface area contributed by atoms with Crippen LogP contribution in [-0.2, 0) is 4.79 Å². The van der Waals surface area contributed by atoms with Crippen LogP contribution in [0.15, 0.2) is 18.2 Å². The second kappa shape index (κ2) is 4.93. The quantitative estimate of drug-likeness (QED) is 0.811. The van der Waals surface area contributed by atoms with Crippen LogP contribution in [0.4, 0.5) is 10.1 Å². The Balaban J connectivity index is 2.16. The van der Waals surface area contributed by atoms with Crippen LogP contribution in [0.25, 0.3) is 0 Å². The summed E-state index contributed by atoms with van der Waals surface area (Å²) in [5.74, 6) is -0.839. The lowest BCUT2D eigenvalue weighted by Crippen LogP contribution is -2.35. The lowest BCUT2D eigenvalue weighted by molar-refractivity contribution is -0.117. The molecular weight excluding hydrogens is 221 g/mol. The summed E-state index contributed by atoms with van der Waals surface area (Å²) in [7, 11) is 0. The van der Waals surface area contributed by atoms with Crippen LogP contribution in [0.5, 0.6) is 0 Å². The van der Waals surface area contributed by atoms with Gasteiger partial charge in [-0.2, -0.15) is 5.26 Å². The van der Waals surface area contributed by atoms with E-state index in [2.05, 4.69) is 10.6 Å². The van der Waals surface area contributed by atoms with E-state index in [1.165, 1.54) is 18.2 Å². The summed E-state index contributed by atoms with van der Waals surface area (Å²) in [6.07, 6.45) is 1.72. The minimum atomic E-state index is -0.621. The van der Waals surface area contributed by atoms with Crippen molar-refractivity contribution >= 4 is 11.6 Å². The summed E-state index contributed by atoms with van der Waals surface area (Å²) in [6, 6.07) is 5.69. The molecule has 1 atom stereocenters. The second-order valence-corrected chi connectivity index (χ2v) is 3.91. The molecule has 1 aromatic rings. The van der Waals surface area contributed by atoms with E-state index in [1.54, 1.807) is 6.07 Å². The maximum absolute atomic E-state index is 13.3. The summed E-state index contributed by atoms with van der Waals surface area (Å²) in [5.41, 5.74) is 0.102. The van der Waals surface area contributed by atoms with E-state index < -0.39 is 5.82 Å². The molecule has 1 fully saturated rings. The van der Waals surface area contributed by atoms with E-state index in [0.717, 1.165) is 19.4 Å². The van der Waals surface area contributed by atoms with Gasteiger partial charge in [0.05, 0.1) is 11.7 Å². The first kappa shape index (κ1) is 11.6.